The lowest BCUT2D eigenvalue weighted by Gasteiger charge is -2.30. The normalized spacial score (nSPS) is 19.5. The maximum absolute atomic E-state index is 14.2. The van der Waals surface area contributed by atoms with Crippen molar-refractivity contribution in [2.75, 3.05) is 19.6 Å². The van der Waals surface area contributed by atoms with Crippen LogP contribution in [-0.4, -0.2) is 36.5 Å². The van der Waals surface area contributed by atoms with E-state index < -0.39 is 0 Å². The second-order valence-corrected chi connectivity index (χ2v) is 6.32. The van der Waals surface area contributed by atoms with Crippen LogP contribution >= 0.6 is 0 Å². The Morgan fingerprint density at radius 3 is 2.67 bits per heavy atom. The molecule has 21 heavy (non-hydrogen) atoms. The second-order valence-electron chi connectivity index (χ2n) is 6.32. The van der Waals surface area contributed by atoms with Crippen LogP contribution in [0.5, 0.6) is 0 Å². The van der Waals surface area contributed by atoms with E-state index in [9.17, 15) is 9.18 Å². The van der Waals surface area contributed by atoms with Crippen LogP contribution in [0.25, 0.3) is 0 Å². The number of hydrogen-bond donors (Lipinski definition) is 1. The fourth-order valence-electron chi connectivity index (χ4n) is 3.09. The van der Waals surface area contributed by atoms with Crippen molar-refractivity contribution >= 4 is 5.91 Å². The lowest BCUT2D eigenvalue weighted by Crippen LogP contribution is -2.41. The molecule has 1 heterocycles. The molecule has 0 aromatic heterocycles. The van der Waals surface area contributed by atoms with Crippen LogP contribution in [-0.2, 0) is 0 Å². The predicted octanol–water partition coefficient (Wildman–Crippen LogP) is 2.74. The molecular weight excluding hydrogens is 267 g/mol. The Kier molecular flexibility index (Phi) is 4.24. The first-order valence-electron chi connectivity index (χ1n) is 7.93. The van der Waals surface area contributed by atoms with E-state index in [0.717, 1.165) is 45.3 Å². The number of aryl methyl sites for hydroxylation is 1. The van der Waals surface area contributed by atoms with E-state index in [4.69, 9.17) is 0 Å². The van der Waals surface area contributed by atoms with Gasteiger partial charge in [0.05, 0.1) is 5.56 Å². The number of carbonyl (C=O) groups excluding carboxylic acids is 1. The molecule has 1 N–H and O–H groups in total. The standard InChI is InChI=1S/C17H23FN2O/c1-12-3-2-4-15(16(12)18)17(21)20(14-5-6-14)11-13-7-9-19-10-8-13/h2-4,13-14,19H,5-11H2,1H3. The first kappa shape index (κ1) is 14.5. The van der Waals surface area contributed by atoms with Crippen molar-refractivity contribution in [1.29, 1.82) is 0 Å². The van der Waals surface area contributed by atoms with Gasteiger partial charge in [0.2, 0.25) is 0 Å². The molecular formula is C17H23FN2O. The molecule has 1 aliphatic carbocycles. The number of benzene rings is 1. The van der Waals surface area contributed by atoms with Gasteiger partial charge in [-0.15, -0.1) is 0 Å². The average Bonchev–Trinajstić information content (AvgIpc) is 3.33. The lowest BCUT2D eigenvalue weighted by molar-refractivity contribution is 0.0696. The van der Waals surface area contributed by atoms with E-state index >= 15 is 0 Å². The van der Waals surface area contributed by atoms with Crippen LogP contribution < -0.4 is 5.32 Å². The highest BCUT2D eigenvalue weighted by molar-refractivity contribution is 5.95. The number of halogens is 1. The van der Waals surface area contributed by atoms with Gasteiger partial charge in [-0.25, -0.2) is 4.39 Å². The second kappa shape index (κ2) is 6.14. The van der Waals surface area contributed by atoms with Gasteiger partial charge in [0.15, 0.2) is 0 Å². The number of piperidine rings is 1. The van der Waals surface area contributed by atoms with Crippen LogP contribution in [0.15, 0.2) is 18.2 Å². The fraction of sp³-hybridized carbons (Fsp3) is 0.588. The Bertz CT molecular complexity index is 522. The Morgan fingerprint density at radius 1 is 1.29 bits per heavy atom. The summed E-state index contributed by atoms with van der Waals surface area (Å²) in [7, 11) is 0. The zero-order chi connectivity index (χ0) is 14.8. The van der Waals surface area contributed by atoms with Gasteiger partial charge in [0, 0.05) is 12.6 Å². The average molecular weight is 290 g/mol. The van der Waals surface area contributed by atoms with E-state index in [1.807, 2.05) is 4.90 Å². The van der Waals surface area contributed by atoms with Gasteiger partial charge in [0.25, 0.3) is 5.91 Å². The number of nitrogens with one attached hydrogen (secondary N) is 1. The zero-order valence-electron chi connectivity index (χ0n) is 12.6. The van der Waals surface area contributed by atoms with Crippen molar-refractivity contribution in [3.05, 3.63) is 35.1 Å². The minimum absolute atomic E-state index is 0.128. The van der Waals surface area contributed by atoms with Crippen molar-refractivity contribution in [1.82, 2.24) is 10.2 Å². The number of nitrogens with zero attached hydrogens (tertiary/aromatic N) is 1. The van der Waals surface area contributed by atoms with Gasteiger partial charge >= 0.3 is 0 Å². The van der Waals surface area contributed by atoms with Crippen LogP contribution in [0.2, 0.25) is 0 Å². The number of hydrogen-bond acceptors (Lipinski definition) is 2. The summed E-state index contributed by atoms with van der Waals surface area (Å²) in [5.41, 5.74) is 0.772. The summed E-state index contributed by atoms with van der Waals surface area (Å²) in [6.45, 7) is 4.53. The summed E-state index contributed by atoms with van der Waals surface area (Å²) in [6.07, 6.45) is 4.33. The first-order valence-corrected chi connectivity index (χ1v) is 7.93. The van der Waals surface area contributed by atoms with Gasteiger partial charge in [-0.1, -0.05) is 12.1 Å². The highest BCUT2D eigenvalue weighted by atomic mass is 19.1. The van der Waals surface area contributed by atoms with E-state index in [1.54, 1.807) is 25.1 Å². The Hall–Kier alpha value is -1.42. The third-order valence-corrected chi connectivity index (χ3v) is 4.58. The summed E-state index contributed by atoms with van der Waals surface area (Å²) >= 11 is 0. The molecule has 0 unspecified atom stereocenters. The highest BCUT2D eigenvalue weighted by Crippen LogP contribution is 2.31. The van der Waals surface area contributed by atoms with Gasteiger partial charge in [-0.2, -0.15) is 0 Å². The van der Waals surface area contributed by atoms with Gasteiger partial charge in [0.1, 0.15) is 5.82 Å². The molecule has 0 atom stereocenters. The number of amides is 1. The molecule has 2 aliphatic rings. The first-order chi connectivity index (χ1) is 10.2. The van der Waals surface area contributed by atoms with Crippen molar-refractivity contribution in [3.63, 3.8) is 0 Å². The molecule has 3 rings (SSSR count). The van der Waals surface area contributed by atoms with Crippen LogP contribution in [0.4, 0.5) is 4.39 Å². The molecule has 114 valence electrons. The molecule has 0 radical (unpaired) electrons. The summed E-state index contributed by atoms with van der Waals surface area (Å²) in [5.74, 6) is 0.0550. The quantitative estimate of drug-likeness (QED) is 0.925. The summed E-state index contributed by atoms with van der Waals surface area (Å²) < 4.78 is 14.2. The summed E-state index contributed by atoms with van der Waals surface area (Å²) in [4.78, 5) is 14.7. The van der Waals surface area contributed by atoms with Gasteiger partial charge in [-0.3, -0.25) is 4.79 Å². The zero-order valence-corrected chi connectivity index (χ0v) is 12.6. The van der Waals surface area contributed by atoms with E-state index in [1.165, 1.54) is 0 Å². The van der Waals surface area contributed by atoms with Crippen LogP contribution in [0.1, 0.15) is 41.6 Å². The predicted molar refractivity (Wildman–Crippen MR) is 80.8 cm³/mol. The SMILES string of the molecule is Cc1cccc(C(=O)N(CC2CCNCC2)C2CC2)c1F. The molecule has 1 amide bonds. The van der Waals surface area contributed by atoms with Crippen molar-refractivity contribution in [3.8, 4) is 0 Å². The summed E-state index contributed by atoms with van der Waals surface area (Å²) in [6, 6.07) is 5.41. The molecule has 4 heteroatoms. The smallest absolute Gasteiger partial charge is 0.257 e. The van der Waals surface area contributed by atoms with Crippen LogP contribution in [0.3, 0.4) is 0 Å². The maximum atomic E-state index is 14.2. The highest BCUT2D eigenvalue weighted by Gasteiger charge is 2.35. The minimum Gasteiger partial charge on any atom is -0.335 e. The number of rotatable bonds is 4. The fourth-order valence-corrected chi connectivity index (χ4v) is 3.09. The molecule has 0 bridgehead atoms. The Balaban J connectivity index is 1.76. The van der Waals surface area contributed by atoms with Gasteiger partial charge in [-0.05, 0) is 63.2 Å². The maximum Gasteiger partial charge on any atom is 0.257 e. The Morgan fingerprint density at radius 2 is 2.00 bits per heavy atom. The van der Waals surface area contributed by atoms with E-state index in [-0.39, 0.29) is 17.3 Å². The molecule has 1 saturated heterocycles. The van der Waals surface area contributed by atoms with Crippen molar-refractivity contribution in [2.24, 2.45) is 5.92 Å². The molecule has 1 saturated carbocycles. The third-order valence-electron chi connectivity index (χ3n) is 4.58. The largest absolute Gasteiger partial charge is 0.335 e. The monoisotopic (exact) mass is 290 g/mol. The topological polar surface area (TPSA) is 32.3 Å². The lowest BCUT2D eigenvalue weighted by atomic mass is 9.97. The van der Waals surface area contributed by atoms with Gasteiger partial charge < -0.3 is 10.2 Å². The van der Waals surface area contributed by atoms with E-state index in [0.29, 0.717) is 17.5 Å². The summed E-state index contributed by atoms with van der Waals surface area (Å²) in [5, 5.41) is 3.35. The van der Waals surface area contributed by atoms with Crippen LogP contribution in [0, 0.1) is 18.7 Å². The molecule has 1 aromatic carbocycles. The molecule has 3 nitrogen and oxygen atoms in total. The molecule has 1 aliphatic heterocycles. The Labute approximate surface area is 125 Å². The van der Waals surface area contributed by atoms with Crippen molar-refractivity contribution in [2.45, 2.75) is 38.6 Å². The van der Waals surface area contributed by atoms with Crippen molar-refractivity contribution < 1.29 is 9.18 Å². The molecule has 1 aromatic rings. The number of carbonyl (C=O) groups is 1. The third kappa shape index (κ3) is 3.26. The molecule has 2 fully saturated rings. The minimum atomic E-state index is -0.363. The van der Waals surface area contributed by atoms with E-state index in [2.05, 4.69) is 5.32 Å². The molecule has 0 spiro atoms.